The number of likely N-dealkylation sites (tertiary alicyclic amines) is 1. The lowest BCUT2D eigenvalue weighted by Gasteiger charge is -2.24. The minimum Gasteiger partial charge on any atom is -0.445 e. The number of ether oxygens (including phenoxy) is 1. The lowest BCUT2D eigenvalue weighted by molar-refractivity contribution is 0.0910. The number of carbonyl (C=O) groups excluding carboxylic acids is 1. The summed E-state index contributed by atoms with van der Waals surface area (Å²) < 4.78 is 19.1. The van der Waals surface area contributed by atoms with E-state index in [-0.39, 0.29) is 23.4 Å². The molecule has 1 atom stereocenters. The number of aromatic amines is 1. The third kappa shape index (κ3) is 3.26. The SMILES string of the molecule is O=C(OCc1ccccc1)N1CC2(CC2)C[C@H]1Cc1c[nH]c2cc(F)ccc12. The van der Waals surface area contributed by atoms with Crippen molar-refractivity contribution in [2.24, 2.45) is 5.41 Å². The van der Waals surface area contributed by atoms with Gasteiger partial charge in [-0.25, -0.2) is 9.18 Å². The second-order valence-corrected chi connectivity index (χ2v) is 8.23. The molecule has 3 aromatic rings. The molecule has 4 nitrogen and oxygen atoms in total. The molecule has 1 aliphatic carbocycles. The zero-order valence-corrected chi connectivity index (χ0v) is 15.7. The van der Waals surface area contributed by atoms with Crippen molar-refractivity contribution in [1.29, 1.82) is 0 Å². The lowest BCUT2D eigenvalue weighted by Crippen LogP contribution is -2.37. The monoisotopic (exact) mass is 378 g/mol. The number of rotatable bonds is 4. The van der Waals surface area contributed by atoms with Gasteiger partial charge in [-0.05, 0) is 60.4 Å². The van der Waals surface area contributed by atoms with Gasteiger partial charge in [0.1, 0.15) is 12.4 Å². The molecule has 2 heterocycles. The summed E-state index contributed by atoms with van der Waals surface area (Å²) >= 11 is 0. The molecule has 1 spiro atoms. The van der Waals surface area contributed by atoms with Crippen LogP contribution in [0.1, 0.15) is 30.4 Å². The number of carbonyl (C=O) groups is 1. The first-order valence-corrected chi connectivity index (χ1v) is 9.85. The molecule has 0 unspecified atom stereocenters. The molecule has 144 valence electrons. The fraction of sp³-hybridized carbons (Fsp3) is 0.348. The molecule has 28 heavy (non-hydrogen) atoms. The fourth-order valence-corrected chi connectivity index (χ4v) is 4.48. The largest absolute Gasteiger partial charge is 0.445 e. The summed E-state index contributed by atoms with van der Waals surface area (Å²) in [6, 6.07) is 14.7. The van der Waals surface area contributed by atoms with Crippen molar-refractivity contribution in [2.45, 2.75) is 38.3 Å². The second-order valence-electron chi connectivity index (χ2n) is 8.23. The van der Waals surface area contributed by atoms with E-state index in [0.29, 0.717) is 6.61 Å². The Labute approximate surface area is 163 Å². The van der Waals surface area contributed by atoms with Gasteiger partial charge in [-0.3, -0.25) is 0 Å². The van der Waals surface area contributed by atoms with E-state index in [0.717, 1.165) is 41.4 Å². The van der Waals surface area contributed by atoms with E-state index >= 15 is 0 Å². The molecule has 2 fully saturated rings. The molecule has 1 amide bonds. The quantitative estimate of drug-likeness (QED) is 0.691. The third-order valence-corrected chi connectivity index (χ3v) is 6.20. The van der Waals surface area contributed by atoms with Crippen LogP contribution in [0.25, 0.3) is 10.9 Å². The van der Waals surface area contributed by atoms with Gasteiger partial charge in [0, 0.05) is 29.7 Å². The Morgan fingerprint density at radius 1 is 1.21 bits per heavy atom. The number of amides is 1. The molecule has 1 saturated heterocycles. The van der Waals surface area contributed by atoms with Crippen LogP contribution in [-0.2, 0) is 17.8 Å². The van der Waals surface area contributed by atoms with Crippen molar-refractivity contribution in [3.05, 3.63) is 71.7 Å². The van der Waals surface area contributed by atoms with E-state index < -0.39 is 0 Å². The molecule has 0 radical (unpaired) electrons. The van der Waals surface area contributed by atoms with Gasteiger partial charge in [0.05, 0.1) is 0 Å². The Morgan fingerprint density at radius 3 is 2.82 bits per heavy atom. The molecule has 1 aromatic heterocycles. The van der Waals surface area contributed by atoms with E-state index in [1.54, 1.807) is 0 Å². The van der Waals surface area contributed by atoms with Gasteiger partial charge in [0.2, 0.25) is 0 Å². The summed E-state index contributed by atoms with van der Waals surface area (Å²) in [5.74, 6) is -0.246. The number of hydrogen-bond acceptors (Lipinski definition) is 2. The molecule has 0 bridgehead atoms. The molecular weight excluding hydrogens is 355 g/mol. The number of benzene rings is 2. The zero-order chi connectivity index (χ0) is 19.1. The zero-order valence-electron chi connectivity index (χ0n) is 15.7. The molecule has 1 N–H and O–H groups in total. The van der Waals surface area contributed by atoms with Crippen LogP contribution in [0.2, 0.25) is 0 Å². The van der Waals surface area contributed by atoms with Crippen molar-refractivity contribution < 1.29 is 13.9 Å². The average Bonchev–Trinajstić information content (AvgIpc) is 3.20. The van der Waals surface area contributed by atoms with Gasteiger partial charge >= 0.3 is 6.09 Å². The van der Waals surface area contributed by atoms with Gasteiger partial charge in [0.25, 0.3) is 0 Å². The van der Waals surface area contributed by atoms with E-state index in [9.17, 15) is 9.18 Å². The predicted molar refractivity (Wildman–Crippen MR) is 105 cm³/mol. The van der Waals surface area contributed by atoms with Crippen molar-refractivity contribution in [1.82, 2.24) is 9.88 Å². The summed E-state index contributed by atoms with van der Waals surface area (Å²) in [5, 5.41) is 1.02. The number of hydrogen-bond donors (Lipinski definition) is 1. The Kier molecular flexibility index (Phi) is 4.11. The van der Waals surface area contributed by atoms with E-state index in [2.05, 4.69) is 4.98 Å². The maximum absolute atomic E-state index is 13.5. The van der Waals surface area contributed by atoms with Crippen LogP contribution in [0.4, 0.5) is 9.18 Å². The maximum atomic E-state index is 13.5. The molecule has 2 aliphatic rings. The molecular formula is C23H23FN2O2. The van der Waals surface area contributed by atoms with Crippen molar-refractivity contribution in [3.8, 4) is 0 Å². The minimum atomic E-state index is -0.246. The smallest absolute Gasteiger partial charge is 0.410 e. The Morgan fingerprint density at radius 2 is 2.04 bits per heavy atom. The molecule has 1 saturated carbocycles. The average molecular weight is 378 g/mol. The second kappa shape index (κ2) is 6.66. The van der Waals surface area contributed by atoms with Crippen molar-refractivity contribution in [3.63, 3.8) is 0 Å². The normalized spacial score (nSPS) is 20.0. The van der Waals surface area contributed by atoms with Gasteiger partial charge in [-0.2, -0.15) is 0 Å². The van der Waals surface area contributed by atoms with E-state index in [1.165, 1.54) is 25.0 Å². The van der Waals surface area contributed by atoms with Crippen LogP contribution in [0.3, 0.4) is 0 Å². The number of nitrogens with zero attached hydrogens (tertiary/aromatic N) is 1. The minimum absolute atomic E-state index is 0.120. The van der Waals surface area contributed by atoms with Crippen LogP contribution < -0.4 is 0 Å². The van der Waals surface area contributed by atoms with Gasteiger partial charge in [-0.1, -0.05) is 30.3 Å². The number of halogens is 1. The Hall–Kier alpha value is -2.82. The van der Waals surface area contributed by atoms with Crippen LogP contribution >= 0.6 is 0 Å². The van der Waals surface area contributed by atoms with E-state index in [4.69, 9.17) is 4.74 Å². The summed E-state index contributed by atoms with van der Waals surface area (Å²) in [6.07, 6.45) is 5.85. The number of fused-ring (bicyclic) bond motifs is 1. The first-order chi connectivity index (χ1) is 13.6. The summed E-state index contributed by atoms with van der Waals surface area (Å²) in [4.78, 5) is 17.9. The van der Waals surface area contributed by atoms with Crippen LogP contribution in [0.5, 0.6) is 0 Å². The topological polar surface area (TPSA) is 45.3 Å². The van der Waals surface area contributed by atoms with Gasteiger partial charge < -0.3 is 14.6 Å². The first-order valence-electron chi connectivity index (χ1n) is 9.85. The predicted octanol–water partition coefficient (Wildman–Crippen LogP) is 5.04. The van der Waals surface area contributed by atoms with Crippen molar-refractivity contribution >= 4 is 17.0 Å². The highest BCUT2D eigenvalue weighted by Crippen LogP contribution is 2.55. The van der Waals surface area contributed by atoms with Crippen LogP contribution in [0.15, 0.2) is 54.7 Å². The van der Waals surface area contributed by atoms with E-state index in [1.807, 2.05) is 47.5 Å². The standard InChI is InChI=1S/C23H23FN2O2/c24-18-6-7-20-17(13-25-21(20)11-18)10-19-12-23(8-9-23)15-26(19)22(27)28-14-16-4-2-1-3-5-16/h1-7,11,13,19,25H,8-10,12,14-15H2/t19-/m1/s1. The number of nitrogens with one attached hydrogen (secondary N) is 1. The van der Waals surface area contributed by atoms with Crippen LogP contribution in [0, 0.1) is 11.2 Å². The Bertz CT molecular complexity index is 1010. The van der Waals surface area contributed by atoms with Gasteiger partial charge in [-0.15, -0.1) is 0 Å². The highest BCUT2D eigenvalue weighted by atomic mass is 19.1. The summed E-state index contributed by atoms with van der Waals surface area (Å²) in [5.41, 5.74) is 3.20. The van der Waals surface area contributed by atoms with Gasteiger partial charge in [0.15, 0.2) is 0 Å². The molecule has 5 heteroatoms. The molecule has 1 aliphatic heterocycles. The number of H-pyrrole nitrogens is 1. The lowest BCUT2D eigenvalue weighted by atomic mass is 9.98. The van der Waals surface area contributed by atoms with Crippen LogP contribution in [-0.4, -0.2) is 28.6 Å². The molecule has 2 aromatic carbocycles. The van der Waals surface area contributed by atoms with Crippen molar-refractivity contribution in [2.75, 3.05) is 6.54 Å². The molecule has 5 rings (SSSR count). The highest BCUT2D eigenvalue weighted by molar-refractivity contribution is 5.83. The maximum Gasteiger partial charge on any atom is 0.410 e. The fourth-order valence-electron chi connectivity index (χ4n) is 4.48. The third-order valence-electron chi connectivity index (χ3n) is 6.20. The Balaban J connectivity index is 1.32. The highest BCUT2D eigenvalue weighted by Gasteiger charge is 2.53. The number of aromatic nitrogens is 1. The summed E-state index contributed by atoms with van der Waals surface area (Å²) in [7, 11) is 0. The summed E-state index contributed by atoms with van der Waals surface area (Å²) in [6.45, 7) is 1.07. The first kappa shape index (κ1) is 17.3.